The van der Waals surface area contributed by atoms with Crippen molar-refractivity contribution in [2.75, 3.05) is 5.32 Å². The zero-order chi connectivity index (χ0) is 14.8. The number of benzene rings is 1. The highest BCUT2D eigenvalue weighted by Gasteiger charge is 2.30. The summed E-state index contributed by atoms with van der Waals surface area (Å²) in [4.78, 5) is 4.07. The van der Waals surface area contributed by atoms with Crippen molar-refractivity contribution in [1.29, 1.82) is 0 Å². The lowest BCUT2D eigenvalue weighted by Crippen LogP contribution is -2.06. The fraction of sp³-hybridized carbons (Fsp3) is 0.154. The summed E-state index contributed by atoms with van der Waals surface area (Å²) in [6.45, 7) is 4.14. The Morgan fingerprint density at radius 2 is 2.15 bits per heavy atom. The smallest absolute Gasteiger partial charge is 0.324 e. The fourth-order valence-corrected chi connectivity index (χ4v) is 1.86. The molecule has 0 radical (unpaired) electrons. The number of imidazole rings is 1. The first-order valence-corrected chi connectivity index (χ1v) is 6.05. The lowest BCUT2D eigenvalue weighted by Gasteiger charge is -2.12. The van der Waals surface area contributed by atoms with Crippen LogP contribution in [0.15, 0.2) is 43.2 Å². The molecule has 0 aliphatic heterocycles. The molecule has 0 aliphatic rings. The number of rotatable bonds is 4. The molecular weight excluding hydrogens is 291 g/mol. The van der Waals surface area contributed by atoms with Crippen LogP contribution in [-0.2, 0) is 12.7 Å². The van der Waals surface area contributed by atoms with Crippen LogP contribution in [0.3, 0.4) is 0 Å². The highest BCUT2D eigenvalue weighted by atomic mass is 35.5. The van der Waals surface area contributed by atoms with Gasteiger partial charge < -0.3 is 9.88 Å². The van der Waals surface area contributed by atoms with Gasteiger partial charge in [0.05, 0.1) is 16.3 Å². The lowest BCUT2D eigenvalue weighted by atomic mass is 10.2. The number of nitrogens with one attached hydrogen (secondary N) is 1. The van der Waals surface area contributed by atoms with E-state index in [1.807, 2.05) is 0 Å². The van der Waals surface area contributed by atoms with Gasteiger partial charge in [-0.15, -0.1) is 6.58 Å². The van der Waals surface area contributed by atoms with E-state index in [0.717, 1.165) is 12.1 Å². The zero-order valence-electron chi connectivity index (χ0n) is 10.3. The van der Waals surface area contributed by atoms with E-state index < -0.39 is 11.7 Å². The molecule has 0 aliphatic carbocycles. The van der Waals surface area contributed by atoms with Gasteiger partial charge >= 0.3 is 6.18 Å². The van der Waals surface area contributed by atoms with Crippen molar-refractivity contribution in [3.8, 4) is 0 Å². The number of hydrogen-bond acceptors (Lipinski definition) is 2. The van der Waals surface area contributed by atoms with Gasteiger partial charge in [0.25, 0.3) is 0 Å². The van der Waals surface area contributed by atoms with E-state index in [0.29, 0.717) is 18.2 Å². The van der Waals surface area contributed by atoms with Crippen LogP contribution in [0.5, 0.6) is 0 Å². The van der Waals surface area contributed by atoms with Crippen LogP contribution in [-0.4, -0.2) is 9.55 Å². The third kappa shape index (κ3) is 3.14. The van der Waals surface area contributed by atoms with Gasteiger partial charge in [-0.05, 0) is 18.2 Å². The summed E-state index contributed by atoms with van der Waals surface area (Å²) in [5, 5.41) is 2.87. The maximum atomic E-state index is 12.5. The number of alkyl halides is 3. The van der Waals surface area contributed by atoms with Crippen molar-refractivity contribution in [2.24, 2.45) is 0 Å². The number of anilines is 2. The predicted octanol–water partition coefficient (Wildman–Crippen LogP) is 4.48. The van der Waals surface area contributed by atoms with Crippen LogP contribution < -0.4 is 5.32 Å². The van der Waals surface area contributed by atoms with Crippen molar-refractivity contribution < 1.29 is 13.2 Å². The molecule has 7 heteroatoms. The molecule has 0 spiro atoms. The number of hydrogen-bond donors (Lipinski definition) is 1. The van der Waals surface area contributed by atoms with Crippen LogP contribution in [0.1, 0.15) is 5.56 Å². The maximum absolute atomic E-state index is 12.5. The summed E-state index contributed by atoms with van der Waals surface area (Å²) < 4.78 is 39.4. The average molecular weight is 302 g/mol. The fourth-order valence-electron chi connectivity index (χ4n) is 1.63. The molecule has 106 valence electrons. The molecule has 1 aromatic heterocycles. The Balaban J connectivity index is 2.26. The van der Waals surface area contributed by atoms with Crippen molar-refractivity contribution in [3.05, 3.63) is 53.8 Å². The standard InChI is InChI=1S/C13H11ClF3N3/c1-2-6-20-7-5-18-12(20)19-11-4-3-9(8-10(11)14)13(15,16)17/h2-5,7-8H,1,6H2,(H,18,19). The van der Waals surface area contributed by atoms with E-state index in [1.165, 1.54) is 6.07 Å². The van der Waals surface area contributed by atoms with E-state index in [4.69, 9.17) is 11.6 Å². The summed E-state index contributed by atoms with van der Waals surface area (Å²) >= 11 is 5.86. The van der Waals surface area contributed by atoms with Gasteiger partial charge in [-0.1, -0.05) is 17.7 Å². The SMILES string of the molecule is C=CCn1ccnc1Nc1ccc(C(F)(F)F)cc1Cl. The minimum absolute atomic E-state index is 0.0204. The summed E-state index contributed by atoms with van der Waals surface area (Å²) in [5.41, 5.74) is -0.432. The molecule has 2 aromatic rings. The summed E-state index contributed by atoms with van der Waals surface area (Å²) in [6, 6.07) is 3.12. The highest BCUT2D eigenvalue weighted by molar-refractivity contribution is 6.33. The van der Waals surface area contributed by atoms with Crippen LogP contribution in [0.4, 0.5) is 24.8 Å². The van der Waals surface area contributed by atoms with Crippen molar-refractivity contribution in [3.63, 3.8) is 0 Å². The van der Waals surface area contributed by atoms with Gasteiger partial charge in [0.2, 0.25) is 5.95 Å². The Bertz CT molecular complexity index is 620. The summed E-state index contributed by atoms with van der Waals surface area (Å²) in [5.74, 6) is 0.478. The Morgan fingerprint density at radius 3 is 2.75 bits per heavy atom. The van der Waals surface area contributed by atoms with Gasteiger partial charge in [0, 0.05) is 18.9 Å². The summed E-state index contributed by atoms with van der Waals surface area (Å²) in [6.07, 6.45) is 0.566. The van der Waals surface area contributed by atoms with E-state index in [-0.39, 0.29) is 5.02 Å². The highest BCUT2D eigenvalue weighted by Crippen LogP contribution is 2.34. The first kappa shape index (κ1) is 14.5. The maximum Gasteiger partial charge on any atom is 0.416 e. The molecule has 2 rings (SSSR count). The van der Waals surface area contributed by atoms with E-state index in [2.05, 4.69) is 16.9 Å². The average Bonchev–Trinajstić information content (AvgIpc) is 2.78. The minimum Gasteiger partial charge on any atom is -0.324 e. The molecule has 3 nitrogen and oxygen atoms in total. The lowest BCUT2D eigenvalue weighted by molar-refractivity contribution is -0.137. The van der Waals surface area contributed by atoms with Crippen molar-refractivity contribution >= 4 is 23.2 Å². The van der Waals surface area contributed by atoms with E-state index in [9.17, 15) is 13.2 Å². The van der Waals surface area contributed by atoms with Crippen LogP contribution in [0.25, 0.3) is 0 Å². The van der Waals surface area contributed by atoms with Crippen LogP contribution >= 0.6 is 11.6 Å². The Morgan fingerprint density at radius 1 is 1.40 bits per heavy atom. The molecule has 0 fully saturated rings. The third-order valence-electron chi connectivity index (χ3n) is 2.58. The van der Waals surface area contributed by atoms with Crippen molar-refractivity contribution in [1.82, 2.24) is 9.55 Å². The topological polar surface area (TPSA) is 29.9 Å². The number of nitrogens with zero attached hydrogens (tertiary/aromatic N) is 2. The molecule has 1 aromatic carbocycles. The number of allylic oxidation sites excluding steroid dienone is 1. The molecule has 1 heterocycles. The van der Waals surface area contributed by atoms with Gasteiger partial charge in [0.1, 0.15) is 0 Å². The van der Waals surface area contributed by atoms with Gasteiger partial charge in [0.15, 0.2) is 0 Å². The molecule has 0 saturated carbocycles. The molecule has 0 unspecified atom stereocenters. The second-order valence-corrected chi connectivity index (χ2v) is 4.42. The third-order valence-corrected chi connectivity index (χ3v) is 2.90. The molecule has 1 N–H and O–H groups in total. The molecular formula is C13H11ClF3N3. The Hall–Kier alpha value is -1.95. The zero-order valence-corrected chi connectivity index (χ0v) is 11.0. The van der Waals surface area contributed by atoms with E-state index >= 15 is 0 Å². The number of halogens is 4. The predicted molar refractivity (Wildman–Crippen MR) is 72.2 cm³/mol. The normalized spacial score (nSPS) is 11.4. The van der Waals surface area contributed by atoms with Gasteiger partial charge in [-0.25, -0.2) is 4.98 Å². The first-order valence-electron chi connectivity index (χ1n) is 5.67. The molecule has 20 heavy (non-hydrogen) atoms. The van der Waals surface area contributed by atoms with Crippen molar-refractivity contribution in [2.45, 2.75) is 12.7 Å². The quantitative estimate of drug-likeness (QED) is 0.844. The molecule has 0 bridgehead atoms. The number of aromatic nitrogens is 2. The monoisotopic (exact) mass is 301 g/mol. The molecule has 0 saturated heterocycles. The van der Waals surface area contributed by atoms with E-state index in [1.54, 1.807) is 23.0 Å². The minimum atomic E-state index is -4.41. The van der Waals surface area contributed by atoms with Crippen LogP contribution in [0, 0.1) is 0 Å². The van der Waals surface area contributed by atoms with Gasteiger partial charge in [-0.3, -0.25) is 0 Å². The Labute approximate surface area is 118 Å². The largest absolute Gasteiger partial charge is 0.416 e. The first-order chi connectivity index (χ1) is 9.41. The Kier molecular flexibility index (Phi) is 4.04. The second kappa shape index (κ2) is 5.58. The van der Waals surface area contributed by atoms with Crippen LogP contribution in [0.2, 0.25) is 5.02 Å². The molecule has 0 atom stereocenters. The molecule has 0 amide bonds. The summed E-state index contributed by atoms with van der Waals surface area (Å²) in [7, 11) is 0. The second-order valence-electron chi connectivity index (χ2n) is 4.01. The van der Waals surface area contributed by atoms with Gasteiger partial charge in [-0.2, -0.15) is 13.2 Å².